The second kappa shape index (κ2) is 11.9. The van der Waals surface area contributed by atoms with Crippen LogP contribution in [0.15, 0.2) is 54.6 Å². The smallest absolute Gasteiger partial charge is 0.242 e. The van der Waals surface area contributed by atoms with Crippen LogP contribution in [0.2, 0.25) is 0 Å². The van der Waals surface area contributed by atoms with Crippen molar-refractivity contribution >= 4 is 11.8 Å². The highest BCUT2D eigenvalue weighted by Crippen LogP contribution is 2.17. The molecule has 2 rings (SSSR count). The number of carbonyl (C=O) groups is 2. The minimum atomic E-state index is -0.582. The Labute approximate surface area is 179 Å². The highest BCUT2D eigenvalue weighted by Gasteiger charge is 2.26. The third-order valence-corrected chi connectivity index (χ3v) is 4.63. The lowest BCUT2D eigenvalue weighted by Gasteiger charge is -2.29. The van der Waals surface area contributed by atoms with E-state index in [1.54, 1.807) is 18.9 Å². The maximum atomic E-state index is 13.0. The first kappa shape index (κ1) is 23.3. The first-order valence-electron chi connectivity index (χ1n) is 10.3. The summed E-state index contributed by atoms with van der Waals surface area (Å²) >= 11 is 0. The SMILES string of the molecule is COc1cccc(CN(C(=O)CCCOc2ccccc2)[C@H](C)C(=O)NC(C)C)c1. The van der Waals surface area contributed by atoms with Gasteiger partial charge in [-0.3, -0.25) is 9.59 Å². The van der Waals surface area contributed by atoms with E-state index in [9.17, 15) is 9.59 Å². The van der Waals surface area contributed by atoms with Crippen molar-refractivity contribution in [1.82, 2.24) is 10.2 Å². The van der Waals surface area contributed by atoms with Gasteiger partial charge in [0.2, 0.25) is 11.8 Å². The number of methoxy groups -OCH3 is 1. The molecule has 0 aliphatic heterocycles. The molecule has 1 N–H and O–H groups in total. The van der Waals surface area contributed by atoms with Crippen molar-refractivity contribution in [3.63, 3.8) is 0 Å². The first-order valence-corrected chi connectivity index (χ1v) is 10.3. The standard InChI is InChI=1S/C24H32N2O4/c1-18(2)25-24(28)19(3)26(17-20-10-8-13-22(16-20)29-4)23(27)14-9-15-30-21-11-6-5-7-12-21/h5-8,10-13,16,18-19H,9,14-15,17H2,1-4H3,(H,25,28)/t19-/m1/s1. The van der Waals surface area contributed by atoms with Gasteiger partial charge in [-0.2, -0.15) is 0 Å². The van der Waals surface area contributed by atoms with Gasteiger partial charge in [-0.25, -0.2) is 0 Å². The maximum absolute atomic E-state index is 13.0. The van der Waals surface area contributed by atoms with E-state index >= 15 is 0 Å². The summed E-state index contributed by atoms with van der Waals surface area (Å²) in [7, 11) is 1.60. The molecule has 1 atom stereocenters. The molecular weight excluding hydrogens is 380 g/mol. The molecular formula is C24H32N2O4. The summed E-state index contributed by atoms with van der Waals surface area (Å²) in [5, 5.41) is 2.89. The summed E-state index contributed by atoms with van der Waals surface area (Å²) in [5.74, 6) is 1.25. The molecule has 0 radical (unpaired) electrons. The zero-order valence-electron chi connectivity index (χ0n) is 18.3. The minimum absolute atomic E-state index is 0.00740. The fourth-order valence-electron chi connectivity index (χ4n) is 3.03. The molecule has 0 heterocycles. The molecule has 2 aromatic carbocycles. The topological polar surface area (TPSA) is 67.9 Å². The normalized spacial score (nSPS) is 11.6. The van der Waals surface area contributed by atoms with E-state index in [1.807, 2.05) is 68.4 Å². The second-order valence-electron chi connectivity index (χ2n) is 7.48. The van der Waals surface area contributed by atoms with Crippen molar-refractivity contribution in [2.24, 2.45) is 0 Å². The monoisotopic (exact) mass is 412 g/mol. The second-order valence-corrected chi connectivity index (χ2v) is 7.48. The highest BCUT2D eigenvalue weighted by atomic mass is 16.5. The lowest BCUT2D eigenvalue weighted by atomic mass is 10.1. The summed E-state index contributed by atoms with van der Waals surface area (Å²) in [6, 6.07) is 16.5. The average Bonchev–Trinajstić information content (AvgIpc) is 2.74. The van der Waals surface area contributed by atoms with Crippen molar-refractivity contribution in [3.8, 4) is 11.5 Å². The Kier molecular flexibility index (Phi) is 9.19. The van der Waals surface area contributed by atoms with Crippen molar-refractivity contribution in [1.29, 1.82) is 0 Å². The summed E-state index contributed by atoms with van der Waals surface area (Å²) in [4.78, 5) is 27.2. The van der Waals surface area contributed by atoms with Gasteiger partial charge in [0, 0.05) is 19.0 Å². The van der Waals surface area contributed by atoms with Crippen molar-refractivity contribution in [2.45, 2.75) is 52.2 Å². The van der Waals surface area contributed by atoms with E-state index in [-0.39, 0.29) is 17.9 Å². The van der Waals surface area contributed by atoms with E-state index in [0.29, 0.717) is 26.0 Å². The van der Waals surface area contributed by atoms with Gasteiger partial charge in [0.1, 0.15) is 17.5 Å². The largest absolute Gasteiger partial charge is 0.497 e. The average molecular weight is 413 g/mol. The summed E-state index contributed by atoms with van der Waals surface area (Å²) in [5.41, 5.74) is 0.910. The molecule has 2 amide bonds. The van der Waals surface area contributed by atoms with Crippen LogP contribution in [0.5, 0.6) is 11.5 Å². The predicted octanol–water partition coefficient (Wildman–Crippen LogP) is 3.80. The van der Waals surface area contributed by atoms with Crippen LogP contribution < -0.4 is 14.8 Å². The van der Waals surface area contributed by atoms with Gasteiger partial charge < -0.3 is 19.7 Å². The number of benzene rings is 2. The number of ether oxygens (including phenoxy) is 2. The van der Waals surface area contributed by atoms with Crippen LogP contribution in [0.25, 0.3) is 0 Å². The molecule has 6 heteroatoms. The van der Waals surface area contributed by atoms with Gasteiger partial charge in [0.15, 0.2) is 0 Å². The lowest BCUT2D eigenvalue weighted by Crippen LogP contribution is -2.49. The van der Waals surface area contributed by atoms with E-state index < -0.39 is 6.04 Å². The van der Waals surface area contributed by atoms with Crippen LogP contribution in [0, 0.1) is 0 Å². The molecule has 0 saturated carbocycles. The summed E-state index contributed by atoms with van der Waals surface area (Å²) in [6.45, 7) is 6.34. The van der Waals surface area contributed by atoms with Gasteiger partial charge >= 0.3 is 0 Å². The van der Waals surface area contributed by atoms with Crippen molar-refractivity contribution < 1.29 is 19.1 Å². The Bertz CT molecular complexity index is 808. The van der Waals surface area contributed by atoms with Gasteiger partial charge in [0.25, 0.3) is 0 Å². The number of nitrogens with one attached hydrogen (secondary N) is 1. The van der Waals surface area contributed by atoms with Crippen LogP contribution in [-0.2, 0) is 16.1 Å². The number of para-hydroxylation sites is 1. The van der Waals surface area contributed by atoms with E-state index in [1.165, 1.54) is 0 Å². The van der Waals surface area contributed by atoms with Gasteiger partial charge in [-0.15, -0.1) is 0 Å². The Morgan fingerprint density at radius 3 is 2.37 bits per heavy atom. The maximum Gasteiger partial charge on any atom is 0.242 e. The predicted molar refractivity (Wildman–Crippen MR) is 117 cm³/mol. The van der Waals surface area contributed by atoms with Crippen molar-refractivity contribution in [3.05, 3.63) is 60.2 Å². The number of amides is 2. The van der Waals surface area contributed by atoms with Crippen LogP contribution in [0.4, 0.5) is 0 Å². The number of nitrogens with zero attached hydrogens (tertiary/aromatic N) is 1. The van der Waals surface area contributed by atoms with Gasteiger partial charge in [0.05, 0.1) is 13.7 Å². The van der Waals surface area contributed by atoms with Crippen molar-refractivity contribution in [2.75, 3.05) is 13.7 Å². The quantitative estimate of drug-likeness (QED) is 0.570. The van der Waals surface area contributed by atoms with E-state index in [4.69, 9.17) is 9.47 Å². The van der Waals surface area contributed by atoms with Crippen LogP contribution in [0.1, 0.15) is 39.2 Å². The molecule has 0 aromatic heterocycles. The molecule has 0 aliphatic rings. The molecule has 0 fully saturated rings. The Morgan fingerprint density at radius 2 is 1.70 bits per heavy atom. The number of carbonyl (C=O) groups excluding carboxylic acids is 2. The van der Waals surface area contributed by atoms with E-state index in [0.717, 1.165) is 17.1 Å². The molecule has 2 aromatic rings. The summed E-state index contributed by atoms with van der Waals surface area (Å²) in [6.07, 6.45) is 0.872. The van der Waals surface area contributed by atoms with E-state index in [2.05, 4.69) is 5.32 Å². The zero-order valence-corrected chi connectivity index (χ0v) is 18.3. The molecule has 0 aliphatic carbocycles. The zero-order chi connectivity index (χ0) is 21.9. The first-order chi connectivity index (χ1) is 14.4. The molecule has 0 unspecified atom stereocenters. The molecule has 6 nitrogen and oxygen atoms in total. The number of hydrogen-bond acceptors (Lipinski definition) is 4. The van der Waals surface area contributed by atoms with Crippen LogP contribution >= 0.6 is 0 Å². The fraction of sp³-hybridized carbons (Fsp3) is 0.417. The number of rotatable bonds is 11. The molecule has 0 saturated heterocycles. The molecule has 162 valence electrons. The Hall–Kier alpha value is -3.02. The molecule has 0 spiro atoms. The summed E-state index contributed by atoms with van der Waals surface area (Å²) < 4.78 is 11.0. The molecule has 30 heavy (non-hydrogen) atoms. The Morgan fingerprint density at radius 1 is 1.00 bits per heavy atom. The van der Waals surface area contributed by atoms with Crippen LogP contribution in [0.3, 0.4) is 0 Å². The third-order valence-electron chi connectivity index (χ3n) is 4.63. The third kappa shape index (κ3) is 7.43. The number of hydrogen-bond donors (Lipinski definition) is 1. The van der Waals surface area contributed by atoms with Gasteiger partial charge in [-0.05, 0) is 57.0 Å². The minimum Gasteiger partial charge on any atom is -0.497 e. The van der Waals surface area contributed by atoms with Gasteiger partial charge in [-0.1, -0.05) is 30.3 Å². The lowest BCUT2D eigenvalue weighted by molar-refractivity contribution is -0.141. The molecule has 0 bridgehead atoms. The van der Waals surface area contributed by atoms with Crippen LogP contribution in [-0.4, -0.2) is 42.5 Å². The Balaban J connectivity index is 2.02. The highest BCUT2D eigenvalue weighted by molar-refractivity contribution is 5.87. The fourth-order valence-corrected chi connectivity index (χ4v) is 3.03.